The average molecular weight is 304 g/mol. The van der Waals surface area contributed by atoms with Gasteiger partial charge in [-0.2, -0.15) is 0 Å². The minimum atomic E-state index is -3.67. The molecular weight excluding hydrogens is 288 g/mol. The van der Waals surface area contributed by atoms with Gasteiger partial charge in [-0.3, -0.25) is 0 Å². The second kappa shape index (κ2) is 5.50. The predicted molar refractivity (Wildman–Crippen MR) is 78.4 cm³/mol. The first-order valence-corrected chi connectivity index (χ1v) is 8.30. The number of furan rings is 1. The van der Waals surface area contributed by atoms with Gasteiger partial charge in [0.05, 0.1) is 22.2 Å². The summed E-state index contributed by atoms with van der Waals surface area (Å²) in [6.45, 7) is 0. The number of sulfone groups is 1. The SMILES string of the molecule is O=S(=O)(C1=C[C@@H](c2ccco2)CC[C@@H]1O)c1ccccc1. The van der Waals surface area contributed by atoms with Gasteiger partial charge in [0.25, 0.3) is 0 Å². The molecule has 1 N–H and O–H groups in total. The summed E-state index contributed by atoms with van der Waals surface area (Å²) in [5.41, 5.74) is 0. The summed E-state index contributed by atoms with van der Waals surface area (Å²) in [5.74, 6) is 0.611. The summed E-state index contributed by atoms with van der Waals surface area (Å²) in [6.07, 6.45) is 3.31. The number of hydrogen-bond donors (Lipinski definition) is 1. The molecule has 0 radical (unpaired) electrons. The Morgan fingerprint density at radius 1 is 1.05 bits per heavy atom. The summed E-state index contributed by atoms with van der Waals surface area (Å²) in [6, 6.07) is 11.8. The normalized spacial score (nSPS) is 22.8. The van der Waals surface area contributed by atoms with E-state index in [2.05, 4.69) is 0 Å². The molecule has 3 rings (SSSR count). The third-order valence-electron chi connectivity index (χ3n) is 3.72. The van der Waals surface area contributed by atoms with E-state index in [-0.39, 0.29) is 15.7 Å². The Morgan fingerprint density at radius 3 is 2.48 bits per heavy atom. The van der Waals surface area contributed by atoms with Gasteiger partial charge >= 0.3 is 0 Å². The van der Waals surface area contributed by atoms with Gasteiger partial charge in [-0.15, -0.1) is 0 Å². The standard InChI is InChI=1S/C16H16O4S/c17-14-9-8-12(15-7-4-10-20-15)11-16(14)21(18,19)13-5-2-1-3-6-13/h1-7,10-12,14,17H,8-9H2/t12-,14-/m0/s1. The zero-order valence-electron chi connectivity index (χ0n) is 11.3. The van der Waals surface area contributed by atoms with Crippen molar-refractivity contribution in [3.8, 4) is 0 Å². The number of aliphatic hydroxyl groups is 1. The Labute approximate surface area is 123 Å². The van der Waals surface area contributed by atoms with Crippen LogP contribution in [0.25, 0.3) is 0 Å². The summed E-state index contributed by atoms with van der Waals surface area (Å²) >= 11 is 0. The van der Waals surface area contributed by atoms with E-state index in [0.717, 1.165) is 5.76 Å². The topological polar surface area (TPSA) is 67.5 Å². The van der Waals surface area contributed by atoms with Crippen molar-refractivity contribution in [3.63, 3.8) is 0 Å². The van der Waals surface area contributed by atoms with Crippen LogP contribution in [-0.4, -0.2) is 19.6 Å². The van der Waals surface area contributed by atoms with Crippen LogP contribution in [0.15, 0.2) is 69.0 Å². The van der Waals surface area contributed by atoms with E-state index < -0.39 is 15.9 Å². The smallest absolute Gasteiger partial charge is 0.205 e. The molecule has 0 aliphatic heterocycles. The van der Waals surface area contributed by atoms with Crippen molar-refractivity contribution in [2.24, 2.45) is 0 Å². The number of hydrogen-bond acceptors (Lipinski definition) is 4. The lowest BCUT2D eigenvalue weighted by Crippen LogP contribution is -2.24. The molecule has 5 heteroatoms. The van der Waals surface area contributed by atoms with Gasteiger partial charge in [0.1, 0.15) is 5.76 Å². The van der Waals surface area contributed by atoms with E-state index in [1.807, 2.05) is 6.07 Å². The Morgan fingerprint density at radius 2 is 1.81 bits per heavy atom. The number of aliphatic hydroxyl groups excluding tert-OH is 1. The third kappa shape index (κ3) is 2.66. The molecule has 2 aromatic rings. The number of rotatable bonds is 3. The fourth-order valence-electron chi connectivity index (χ4n) is 2.60. The summed E-state index contributed by atoms with van der Waals surface area (Å²) in [7, 11) is -3.67. The Hall–Kier alpha value is -1.85. The Bertz CT molecular complexity index is 730. The molecule has 0 bridgehead atoms. The molecule has 21 heavy (non-hydrogen) atoms. The fraction of sp³-hybridized carbons (Fsp3) is 0.250. The van der Waals surface area contributed by atoms with E-state index in [1.54, 1.807) is 48.7 Å². The van der Waals surface area contributed by atoms with Crippen LogP contribution in [0.4, 0.5) is 0 Å². The first-order chi connectivity index (χ1) is 10.1. The lowest BCUT2D eigenvalue weighted by atomic mass is 9.92. The Kier molecular flexibility index (Phi) is 3.69. The molecule has 1 aromatic heterocycles. The highest BCUT2D eigenvalue weighted by Crippen LogP contribution is 2.35. The Balaban J connectivity index is 2.03. The minimum Gasteiger partial charge on any atom is -0.469 e. The highest BCUT2D eigenvalue weighted by atomic mass is 32.2. The van der Waals surface area contributed by atoms with Crippen molar-refractivity contribution in [1.29, 1.82) is 0 Å². The van der Waals surface area contributed by atoms with Gasteiger partial charge in [0.15, 0.2) is 0 Å². The monoisotopic (exact) mass is 304 g/mol. The van der Waals surface area contributed by atoms with Crippen molar-refractivity contribution >= 4 is 9.84 Å². The lowest BCUT2D eigenvalue weighted by Gasteiger charge is -2.24. The van der Waals surface area contributed by atoms with E-state index in [9.17, 15) is 13.5 Å². The molecule has 1 aliphatic rings. The molecule has 0 unspecified atom stereocenters. The van der Waals surface area contributed by atoms with E-state index in [4.69, 9.17) is 4.42 Å². The van der Waals surface area contributed by atoms with E-state index >= 15 is 0 Å². The zero-order valence-corrected chi connectivity index (χ0v) is 12.2. The first-order valence-electron chi connectivity index (χ1n) is 6.82. The van der Waals surface area contributed by atoms with Crippen LogP contribution in [0.2, 0.25) is 0 Å². The predicted octanol–water partition coefficient (Wildman–Crippen LogP) is 2.88. The van der Waals surface area contributed by atoms with E-state index in [1.165, 1.54) is 0 Å². The molecule has 0 saturated carbocycles. The molecular formula is C16H16O4S. The molecule has 4 nitrogen and oxygen atoms in total. The highest BCUT2D eigenvalue weighted by Gasteiger charge is 2.32. The van der Waals surface area contributed by atoms with Crippen LogP contribution in [0, 0.1) is 0 Å². The first kappa shape index (κ1) is 14.1. The largest absolute Gasteiger partial charge is 0.469 e. The van der Waals surface area contributed by atoms with Gasteiger partial charge in [0, 0.05) is 5.92 Å². The molecule has 2 atom stereocenters. The maximum absolute atomic E-state index is 12.7. The summed E-state index contributed by atoms with van der Waals surface area (Å²) in [5, 5.41) is 10.1. The maximum Gasteiger partial charge on any atom is 0.205 e. The molecule has 0 fully saturated rings. The molecule has 1 aliphatic carbocycles. The fourth-order valence-corrected chi connectivity index (χ4v) is 4.21. The average Bonchev–Trinajstić information content (AvgIpc) is 3.03. The van der Waals surface area contributed by atoms with Gasteiger partial charge in [-0.1, -0.05) is 24.3 Å². The molecule has 1 heterocycles. The van der Waals surface area contributed by atoms with Crippen LogP contribution >= 0.6 is 0 Å². The molecule has 0 spiro atoms. The van der Waals surface area contributed by atoms with Crippen molar-refractivity contribution < 1.29 is 17.9 Å². The van der Waals surface area contributed by atoms with Crippen molar-refractivity contribution in [1.82, 2.24) is 0 Å². The van der Waals surface area contributed by atoms with Gasteiger partial charge in [-0.25, -0.2) is 8.42 Å². The van der Waals surface area contributed by atoms with Crippen molar-refractivity contribution in [2.45, 2.75) is 29.8 Å². The second-order valence-electron chi connectivity index (χ2n) is 5.10. The van der Waals surface area contributed by atoms with Crippen LogP contribution < -0.4 is 0 Å². The zero-order chi connectivity index (χ0) is 14.9. The van der Waals surface area contributed by atoms with Gasteiger partial charge < -0.3 is 9.52 Å². The van der Waals surface area contributed by atoms with Crippen molar-refractivity contribution in [3.05, 3.63) is 65.5 Å². The molecule has 0 amide bonds. The van der Waals surface area contributed by atoms with Crippen molar-refractivity contribution in [2.75, 3.05) is 0 Å². The maximum atomic E-state index is 12.7. The highest BCUT2D eigenvalue weighted by molar-refractivity contribution is 7.95. The van der Waals surface area contributed by atoms with Crippen LogP contribution in [0.3, 0.4) is 0 Å². The number of allylic oxidation sites excluding steroid dienone is 1. The summed E-state index contributed by atoms with van der Waals surface area (Å²) < 4.78 is 30.7. The van der Waals surface area contributed by atoms with Crippen LogP contribution in [0.1, 0.15) is 24.5 Å². The van der Waals surface area contributed by atoms with Crippen LogP contribution in [0.5, 0.6) is 0 Å². The van der Waals surface area contributed by atoms with Crippen LogP contribution in [-0.2, 0) is 9.84 Å². The van der Waals surface area contributed by atoms with Gasteiger partial charge in [-0.05, 0) is 37.1 Å². The minimum absolute atomic E-state index is 0.0707. The van der Waals surface area contributed by atoms with E-state index in [0.29, 0.717) is 12.8 Å². The third-order valence-corrected chi connectivity index (χ3v) is 5.64. The molecule has 110 valence electrons. The second-order valence-corrected chi connectivity index (χ2v) is 7.05. The lowest BCUT2D eigenvalue weighted by molar-refractivity contribution is 0.193. The summed E-state index contributed by atoms with van der Waals surface area (Å²) in [4.78, 5) is 0.275. The quantitative estimate of drug-likeness (QED) is 0.946. The number of benzene rings is 1. The van der Waals surface area contributed by atoms with Gasteiger partial charge in [0.2, 0.25) is 9.84 Å². The molecule has 0 saturated heterocycles. The molecule has 1 aromatic carbocycles.